The molecule has 4 N–H and O–H groups in total. The number of benzene rings is 2. The molecule has 7 heteroatoms. The number of hydrogen-bond acceptors (Lipinski definition) is 3. The topological polar surface area (TPSA) is 69.1 Å². The van der Waals surface area contributed by atoms with Gasteiger partial charge in [-0.1, -0.05) is 66.3 Å². The Balaban J connectivity index is 0.000000420. The van der Waals surface area contributed by atoms with E-state index < -0.39 is 0 Å². The van der Waals surface area contributed by atoms with Gasteiger partial charge < -0.3 is 11.5 Å². The average molecular weight is 410 g/mol. The fraction of sp³-hybridized carbons (Fsp3) is 0.235. The summed E-state index contributed by atoms with van der Waals surface area (Å²) in [6.07, 6.45) is 0.333. The van der Waals surface area contributed by atoms with Gasteiger partial charge >= 0.3 is 0 Å². The second-order valence-corrected chi connectivity index (χ2v) is 6.12. The Hall–Kier alpha value is -1.13. The number of halogens is 4. The molecule has 2 rings (SSSR count). The van der Waals surface area contributed by atoms with Crippen LogP contribution >= 0.6 is 46.4 Å². The Labute approximate surface area is 162 Å². The lowest BCUT2D eigenvalue weighted by atomic mass is 10.1. The quantitative estimate of drug-likeness (QED) is 0.571. The molecule has 0 atom stereocenters. The fourth-order valence-corrected chi connectivity index (χ4v) is 2.47. The number of anilines is 2. The molecule has 0 aliphatic rings. The summed E-state index contributed by atoms with van der Waals surface area (Å²) in [6.45, 7) is 5.51. The van der Waals surface area contributed by atoms with E-state index in [1.807, 2.05) is 13.8 Å². The van der Waals surface area contributed by atoms with Crippen LogP contribution < -0.4 is 11.5 Å². The van der Waals surface area contributed by atoms with Crippen molar-refractivity contribution in [3.63, 3.8) is 0 Å². The highest BCUT2D eigenvalue weighted by Gasteiger charge is 2.05. The number of Topliss-reactive ketones (excluding diaryl/α,β-unsaturated/α-hetero) is 1. The Kier molecular flexibility index (Phi) is 10.9. The van der Waals surface area contributed by atoms with Crippen LogP contribution in [-0.2, 0) is 11.2 Å². The highest BCUT2D eigenvalue weighted by molar-refractivity contribution is 6.39. The molecule has 0 fully saturated rings. The van der Waals surface area contributed by atoms with Gasteiger partial charge in [-0.15, -0.1) is 0 Å². The monoisotopic (exact) mass is 408 g/mol. The average Bonchev–Trinajstić information content (AvgIpc) is 2.52. The van der Waals surface area contributed by atoms with Crippen LogP contribution in [0.3, 0.4) is 0 Å². The van der Waals surface area contributed by atoms with E-state index in [0.717, 1.165) is 5.56 Å². The van der Waals surface area contributed by atoms with E-state index in [1.54, 1.807) is 30.3 Å². The van der Waals surface area contributed by atoms with Crippen LogP contribution in [0.25, 0.3) is 0 Å². The first-order chi connectivity index (χ1) is 11.2. The van der Waals surface area contributed by atoms with Crippen LogP contribution in [0.4, 0.5) is 11.4 Å². The molecule has 0 saturated carbocycles. The summed E-state index contributed by atoms with van der Waals surface area (Å²) in [6, 6.07) is 8.46. The second kappa shape index (κ2) is 11.4. The molecule has 0 spiro atoms. The van der Waals surface area contributed by atoms with Crippen molar-refractivity contribution in [1.29, 1.82) is 0 Å². The largest absolute Gasteiger partial charge is 0.396 e. The van der Waals surface area contributed by atoms with Gasteiger partial charge in [-0.2, -0.15) is 0 Å². The number of rotatable bonds is 2. The molecule has 3 nitrogen and oxygen atoms in total. The Morgan fingerprint density at radius 2 is 1.25 bits per heavy atom. The van der Waals surface area contributed by atoms with Gasteiger partial charge in [-0.25, -0.2) is 0 Å². The van der Waals surface area contributed by atoms with Gasteiger partial charge in [0.15, 0.2) is 0 Å². The summed E-state index contributed by atoms with van der Waals surface area (Å²) in [5.41, 5.74) is 12.5. The predicted octanol–water partition coefficient (Wildman–Crippen LogP) is 6.31. The highest BCUT2D eigenvalue weighted by Crippen LogP contribution is 2.29. The van der Waals surface area contributed by atoms with E-state index in [4.69, 9.17) is 57.9 Å². The number of hydrogen-bond donors (Lipinski definition) is 2. The van der Waals surface area contributed by atoms with Gasteiger partial charge in [0.05, 0.1) is 31.5 Å². The lowest BCUT2D eigenvalue weighted by Crippen LogP contribution is -1.97. The summed E-state index contributed by atoms with van der Waals surface area (Å²) in [7, 11) is 0. The van der Waals surface area contributed by atoms with Crippen LogP contribution in [0.2, 0.25) is 20.1 Å². The zero-order chi connectivity index (χ0) is 18.9. The normalized spacial score (nSPS) is 9.29. The summed E-state index contributed by atoms with van der Waals surface area (Å²) in [4.78, 5) is 10.8. The molecule has 0 bridgehead atoms. The molecule has 2 aromatic rings. The summed E-state index contributed by atoms with van der Waals surface area (Å²) >= 11 is 22.8. The van der Waals surface area contributed by atoms with Crippen molar-refractivity contribution >= 4 is 63.6 Å². The minimum Gasteiger partial charge on any atom is -0.396 e. The van der Waals surface area contributed by atoms with Gasteiger partial charge in [0, 0.05) is 6.42 Å². The number of carbonyl (C=O) groups excluding carboxylic acids is 1. The van der Waals surface area contributed by atoms with E-state index >= 15 is 0 Å². The Bertz CT molecular complexity index is 647. The number of ketones is 1. The first-order valence-electron chi connectivity index (χ1n) is 7.14. The van der Waals surface area contributed by atoms with E-state index in [2.05, 4.69) is 0 Å². The van der Waals surface area contributed by atoms with Gasteiger partial charge in [0.1, 0.15) is 5.78 Å². The van der Waals surface area contributed by atoms with Crippen molar-refractivity contribution in [2.75, 3.05) is 11.5 Å². The van der Waals surface area contributed by atoms with Crippen LogP contribution in [0.15, 0.2) is 30.3 Å². The predicted molar refractivity (Wildman–Crippen MR) is 107 cm³/mol. The third kappa shape index (κ3) is 7.63. The Morgan fingerprint density at radius 3 is 1.58 bits per heavy atom. The van der Waals surface area contributed by atoms with Crippen molar-refractivity contribution in [2.24, 2.45) is 0 Å². The summed E-state index contributed by atoms with van der Waals surface area (Å²) in [5, 5.41) is 1.79. The van der Waals surface area contributed by atoms with Crippen molar-refractivity contribution < 1.29 is 4.79 Å². The lowest BCUT2D eigenvalue weighted by Gasteiger charge is -2.04. The number of nitrogen functional groups attached to an aromatic ring is 2. The SMILES string of the molecule is CC.CC(=O)Cc1cc(Cl)c(N)c(Cl)c1.Nc1c(Cl)cccc1Cl. The minimum absolute atomic E-state index is 0.0666. The summed E-state index contributed by atoms with van der Waals surface area (Å²) < 4.78 is 0. The Morgan fingerprint density at radius 1 is 0.875 bits per heavy atom. The molecular weight excluding hydrogens is 390 g/mol. The third-order valence-corrected chi connectivity index (χ3v) is 3.88. The van der Waals surface area contributed by atoms with Gasteiger partial charge in [-0.3, -0.25) is 4.79 Å². The van der Waals surface area contributed by atoms with E-state index in [9.17, 15) is 4.79 Å². The first kappa shape index (κ1) is 22.9. The standard InChI is InChI=1S/C9H9Cl2NO.C6H5Cl2N.C2H6/c1-5(13)2-6-3-7(10)9(12)8(11)4-6;7-4-2-1-3-5(8)6(4)9;1-2/h3-4H,2,12H2,1H3;1-3H,9H2;1-2H3. The van der Waals surface area contributed by atoms with Crippen LogP contribution in [-0.4, -0.2) is 5.78 Å². The van der Waals surface area contributed by atoms with Crippen LogP contribution in [0, 0.1) is 0 Å². The second-order valence-electron chi connectivity index (χ2n) is 4.49. The van der Waals surface area contributed by atoms with Gasteiger partial charge in [-0.05, 0) is 36.8 Å². The zero-order valence-corrected chi connectivity index (χ0v) is 16.7. The number of carbonyl (C=O) groups is 1. The molecule has 0 amide bonds. The maximum absolute atomic E-state index is 10.8. The number of nitrogens with two attached hydrogens (primary N) is 2. The molecule has 0 aromatic heterocycles. The fourth-order valence-electron chi connectivity index (χ4n) is 1.54. The van der Waals surface area contributed by atoms with E-state index in [1.165, 1.54) is 6.92 Å². The molecule has 0 unspecified atom stereocenters. The molecule has 0 saturated heterocycles. The van der Waals surface area contributed by atoms with Gasteiger partial charge in [0.2, 0.25) is 0 Å². The number of para-hydroxylation sites is 1. The molecule has 0 aliphatic carbocycles. The van der Waals surface area contributed by atoms with E-state index in [-0.39, 0.29) is 5.78 Å². The van der Waals surface area contributed by atoms with Gasteiger partial charge in [0.25, 0.3) is 0 Å². The molecule has 132 valence electrons. The maximum atomic E-state index is 10.8. The van der Waals surface area contributed by atoms with Crippen LogP contribution in [0.5, 0.6) is 0 Å². The molecule has 0 radical (unpaired) electrons. The first-order valence-corrected chi connectivity index (χ1v) is 8.66. The molecule has 2 aromatic carbocycles. The highest BCUT2D eigenvalue weighted by atomic mass is 35.5. The van der Waals surface area contributed by atoms with Crippen molar-refractivity contribution in [3.05, 3.63) is 56.0 Å². The molecule has 0 heterocycles. The molecular formula is C17H20Cl4N2O. The van der Waals surface area contributed by atoms with Crippen molar-refractivity contribution in [3.8, 4) is 0 Å². The minimum atomic E-state index is 0.0666. The lowest BCUT2D eigenvalue weighted by molar-refractivity contribution is -0.116. The van der Waals surface area contributed by atoms with E-state index in [0.29, 0.717) is 37.9 Å². The zero-order valence-electron chi connectivity index (χ0n) is 13.7. The molecule has 24 heavy (non-hydrogen) atoms. The van der Waals surface area contributed by atoms with Crippen molar-refractivity contribution in [1.82, 2.24) is 0 Å². The van der Waals surface area contributed by atoms with Crippen molar-refractivity contribution in [2.45, 2.75) is 27.2 Å². The third-order valence-electron chi connectivity index (χ3n) is 2.59. The summed E-state index contributed by atoms with van der Waals surface area (Å²) in [5.74, 6) is 0.0666. The smallest absolute Gasteiger partial charge is 0.134 e. The maximum Gasteiger partial charge on any atom is 0.134 e. The molecule has 0 aliphatic heterocycles. The van der Waals surface area contributed by atoms with Crippen LogP contribution in [0.1, 0.15) is 26.3 Å².